The Morgan fingerprint density at radius 2 is 2.15 bits per heavy atom. The van der Waals surface area contributed by atoms with Crippen LogP contribution in [0.25, 0.3) is 0 Å². The summed E-state index contributed by atoms with van der Waals surface area (Å²) in [7, 11) is 5.86. The highest BCUT2D eigenvalue weighted by molar-refractivity contribution is 6.31. The van der Waals surface area contributed by atoms with Crippen LogP contribution in [-0.4, -0.2) is 61.3 Å². The molecule has 140 valence electrons. The number of ether oxygens (including phenoxy) is 1. The van der Waals surface area contributed by atoms with E-state index >= 15 is 0 Å². The Bertz CT molecular complexity index is 760. The van der Waals surface area contributed by atoms with Crippen molar-refractivity contribution in [3.8, 4) is 0 Å². The molecule has 1 aliphatic rings. The van der Waals surface area contributed by atoms with Crippen LogP contribution >= 0.6 is 11.6 Å². The minimum Gasteiger partial charge on any atom is -0.380 e. The molecule has 0 bridgehead atoms. The summed E-state index contributed by atoms with van der Waals surface area (Å²) in [6.07, 6.45) is 2.66. The molecule has 2 atom stereocenters. The van der Waals surface area contributed by atoms with E-state index in [-0.39, 0.29) is 11.1 Å². The largest absolute Gasteiger partial charge is 0.380 e. The van der Waals surface area contributed by atoms with Gasteiger partial charge in [-0.3, -0.25) is 0 Å². The smallest absolute Gasteiger partial charge is 0.141 e. The van der Waals surface area contributed by atoms with Gasteiger partial charge in [0.1, 0.15) is 23.8 Å². The van der Waals surface area contributed by atoms with Crippen LogP contribution in [0.3, 0.4) is 0 Å². The van der Waals surface area contributed by atoms with E-state index in [9.17, 15) is 4.39 Å². The van der Waals surface area contributed by atoms with E-state index in [1.165, 1.54) is 18.5 Å². The Morgan fingerprint density at radius 3 is 2.85 bits per heavy atom. The molecule has 1 aromatic heterocycles. The molecular formula is C18H23ClFN5O. The van der Waals surface area contributed by atoms with Crippen molar-refractivity contribution < 1.29 is 9.13 Å². The van der Waals surface area contributed by atoms with E-state index < -0.39 is 5.82 Å². The van der Waals surface area contributed by atoms with Gasteiger partial charge in [0.15, 0.2) is 0 Å². The zero-order chi connectivity index (χ0) is 18.7. The third kappa shape index (κ3) is 4.41. The molecule has 0 aliphatic carbocycles. The van der Waals surface area contributed by atoms with Crippen molar-refractivity contribution >= 4 is 28.9 Å². The number of anilines is 3. The third-order valence-electron chi connectivity index (χ3n) is 4.42. The van der Waals surface area contributed by atoms with Crippen LogP contribution in [0.1, 0.15) is 6.42 Å². The van der Waals surface area contributed by atoms with Gasteiger partial charge in [-0.1, -0.05) is 11.6 Å². The Hall–Kier alpha value is -1.96. The van der Waals surface area contributed by atoms with Gasteiger partial charge in [0, 0.05) is 38.0 Å². The highest BCUT2D eigenvalue weighted by Crippen LogP contribution is 2.28. The maximum absolute atomic E-state index is 13.3. The Labute approximate surface area is 157 Å². The van der Waals surface area contributed by atoms with Crippen molar-refractivity contribution in [2.45, 2.75) is 18.6 Å². The average molecular weight is 380 g/mol. The Kier molecular flexibility index (Phi) is 5.90. The van der Waals surface area contributed by atoms with E-state index in [0.29, 0.717) is 17.5 Å². The van der Waals surface area contributed by atoms with Crippen LogP contribution in [-0.2, 0) is 4.74 Å². The molecule has 0 radical (unpaired) electrons. The van der Waals surface area contributed by atoms with Gasteiger partial charge in [0.25, 0.3) is 0 Å². The van der Waals surface area contributed by atoms with Crippen molar-refractivity contribution in [1.29, 1.82) is 0 Å². The second kappa shape index (κ2) is 8.16. The van der Waals surface area contributed by atoms with Crippen molar-refractivity contribution in [2.75, 3.05) is 44.5 Å². The van der Waals surface area contributed by atoms with Gasteiger partial charge in [0.05, 0.1) is 11.1 Å². The van der Waals surface area contributed by atoms with Crippen LogP contribution in [0.2, 0.25) is 5.02 Å². The van der Waals surface area contributed by atoms with Crippen LogP contribution in [0.4, 0.5) is 21.7 Å². The zero-order valence-corrected chi connectivity index (χ0v) is 15.9. The normalized spacial score (nSPS) is 20.0. The van der Waals surface area contributed by atoms with E-state index in [0.717, 1.165) is 25.3 Å². The Balaban J connectivity index is 1.80. The number of benzene rings is 1. The molecular weight excluding hydrogens is 357 g/mol. The number of methoxy groups -OCH3 is 1. The molecule has 1 fully saturated rings. The molecule has 8 heteroatoms. The molecule has 6 nitrogen and oxygen atoms in total. The fourth-order valence-electron chi connectivity index (χ4n) is 3.21. The first-order valence-electron chi connectivity index (χ1n) is 8.44. The van der Waals surface area contributed by atoms with Gasteiger partial charge < -0.3 is 19.9 Å². The number of aromatic nitrogens is 2. The number of halogens is 2. The van der Waals surface area contributed by atoms with Gasteiger partial charge in [-0.15, -0.1) is 0 Å². The molecule has 3 rings (SSSR count). The summed E-state index contributed by atoms with van der Waals surface area (Å²) in [6, 6.07) is 6.68. The van der Waals surface area contributed by atoms with Crippen LogP contribution in [0.5, 0.6) is 0 Å². The van der Waals surface area contributed by atoms with Crippen LogP contribution in [0.15, 0.2) is 30.6 Å². The molecule has 1 aromatic carbocycles. The summed E-state index contributed by atoms with van der Waals surface area (Å²) in [4.78, 5) is 13.1. The molecule has 26 heavy (non-hydrogen) atoms. The van der Waals surface area contributed by atoms with E-state index in [1.807, 2.05) is 6.07 Å². The lowest BCUT2D eigenvalue weighted by Gasteiger charge is -2.27. The Morgan fingerprint density at radius 1 is 1.35 bits per heavy atom. The predicted molar refractivity (Wildman–Crippen MR) is 102 cm³/mol. The van der Waals surface area contributed by atoms with Crippen molar-refractivity contribution in [2.24, 2.45) is 0 Å². The molecule has 0 unspecified atom stereocenters. The lowest BCUT2D eigenvalue weighted by atomic mass is 10.2. The number of nitrogens with one attached hydrogen (secondary N) is 1. The molecule has 1 N–H and O–H groups in total. The standard InChI is InChI=1S/C18H23ClFN5O/c1-24(2)9-13-7-14(26-3)10-25(13)18-8-17(21-11-22-18)23-12-4-5-16(20)15(19)6-12/h4-6,8,11,13-14H,7,9-10H2,1-3H3,(H,21,22,23)/t13-,14-/m0/s1. The molecule has 2 aromatic rings. The van der Waals surface area contributed by atoms with E-state index in [4.69, 9.17) is 16.3 Å². The van der Waals surface area contributed by atoms with E-state index in [1.54, 1.807) is 13.2 Å². The summed E-state index contributed by atoms with van der Waals surface area (Å²) >= 11 is 5.84. The number of nitrogens with zero attached hydrogens (tertiary/aromatic N) is 4. The van der Waals surface area contributed by atoms with Crippen LogP contribution < -0.4 is 10.2 Å². The van der Waals surface area contributed by atoms with Crippen molar-refractivity contribution in [1.82, 2.24) is 14.9 Å². The molecule has 0 amide bonds. The number of hydrogen-bond acceptors (Lipinski definition) is 6. The van der Waals surface area contributed by atoms with Crippen LogP contribution in [0, 0.1) is 5.82 Å². The molecule has 1 aliphatic heterocycles. The minimum absolute atomic E-state index is 0.0674. The molecule has 2 heterocycles. The van der Waals surface area contributed by atoms with Gasteiger partial charge >= 0.3 is 0 Å². The van der Waals surface area contributed by atoms with Gasteiger partial charge in [-0.2, -0.15) is 0 Å². The molecule has 0 spiro atoms. The van der Waals surface area contributed by atoms with Gasteiger partial charge in [0.2, 0.25) is 0 Å². The maximum atomic E-state index is 13.3. The van der Waals surface area contributed by atoms with E-state index in [2.05, 4.69) is 39.2 Å². The van der Waals surface area contributed by atoms with Gasteiger partial charge in [-0.25, -0.2) is 14.4 Å². The highest BCUT2D eigenvalue weighted by Gasteiger charge is 2.33. The SMILES string of the molecule is CO[C@H]1C[C@@H](CN(C)C)N(c2cc(Nc3ccc(F)c(Cl)c3)ncn2)C1. The van der Waals surface area contributed by atoms with Gasteiger partial charge in [-0.05, 0) is 38.7 Å². The summed E-state index contributed by atoms with van der Waals surface area (Å²) in [5, 5.41) is 3.21. The first-order valence-corrected chi connectivity index (χ1v) is 8.82. The second-order valence-corrected chi connectivity index (χ2v) is 7.08. The zero-order valence-electron chi connectivity index (χ0n) is 15.1. The summed E-state index contributed by atoms with van der Waals surface area (Å²) < 4.78 is 18.9. The number of likely N-dealkylation sites (N-methyl/N-ethyl adjacent to an activating group) is 1. The quantitative estimate of drug-likeness (QED) is 0.832. The first-order chi connectivity index (χ1) is 12.5. The lowest BCUT2D eigenvalue weighted by Crippen LogP contribution is -2.38. The summed E-state index contributed by atoms with van der Waals surface area (Å²) in [5.74, 6) is 1.01. The topological polar surface area (TPSA) is 53.5 Å². The molecule has 0 saturated carbocycles. The first kappa shape index (κ1) is 18.8. The number of rotatable bonds is 6. The highest BCUT2D eigenvalue weighted by atomic mass is 35.5. The lowest BCUT2D eigenvalue weighted by molar-refractivity contribution is 0.117. The number of hydrogen-bond donors (Lipinski definition) is 1. The second-order valence-electron chi connectivity index (χ2n) is 6.68. The fraction of sp³-hybridized carbons (Fsp3) is 0.444. The minimum atomic E-state index is -0.449. The van der Waals surface area contributed by atoms with Crippen molar-refractivity contribution in [3.05, 3.63) is 41.4 Å². The predicted octanol–water partition coefficient (Wildman–Crippen LogP) is 3.17. The third-order valence-corrected chi connectivity index (χ3v) is 4.71. The summed E-state index contributed by atoms with van der Waals surface area (Å²) in [6.45, 7) is 1.70. The summed E-state index contributed by atoms with van der Waals surface area (Å²) in [5.41, 5.74) is 0.669. The van der Waals surface area contributed by atoms with Crippen molar-refractivity contribution in [3.63, 3.8) is 0 Å². The average Bonchev–Trinajstić information content (AvgIpc) is 3.01. The maximum Gasteiger partial charge on any atom is 0.141 e. The monoisotopic (exact) mass is 379 g/mol. The fourth-order valence-corrected chi connectivity index (χ4v) is 3.39. The molecule has 1 saturated heterocycles.